The molecule has 0 unspecified atom stereocenters. The van der Waals surface area contributed by atoms with E-state index in [1.54, 1.807) is 25.2 Å². The quantitative estimate of drug-likeness (QED) is 0.932. The summed E-state index contributed by atoms with van der Waals surface area (Å²) in [4.78, 5) is 8.07. The molecule has 20 heavy (non-hydrogen) atoms. The van der Waals surface area contributed by atoms with E-state index in [1.807, 2.05) is 6.07 Å². The smallest absolute Gasteiger partial charge is 0.243 e. The van der Waals surface area contributed by atoms with Crippen LogP contribution in [0.3, 0.4) is 0 Å². The van der Waals surface area contributed by atoms with Crippen LogP contribution in [0.5, 0.6) is 17.4 Å². The van der Waals surface area contributed by atoms with Gasteiger partial charge in [-0.1, -0.05) is 11.6 Å². The first-order valence-electron chi connectivity index (χ1n) is 5.64. The predicted molar refractivity (Wildman–Crippen MR) is 74.4 cm³/mol. The fourth-order valence-electron chi connectivity index (χ4n) is 1.47. The summed E-state index contributed by atoms with van der Waals surface area (Å²) in [5.74, 6) is 1.42. The molecule has 0 atom stereocenters. The number of benzene rings is 1. The Balaban J connectivity index is 2.37. The summed E-state index contributed by atoms with van der Waals surface area (Å²) in [6.45, 7) is 0. The van der Waals surface area contributed by atoms with Gasteiger partial charge in [-0.2, -0.15) is 10.2 Å². The number of rotatable bonds is 4. The molecule has 0 aliphatic carbocycles. The van der Waals surface area contributed by atoms with Gasteiger partial charge in [0.15, 0.2) is 11.5 Å². The maximum Gasteiger partial charge on any atom is 0.243 e. The van der Waals surface area contributed by atoms with Gasteiger partial charge in [-0.05, 0) is 12.1 Å². The highest BCUT2D eigenvalue weighted by molar-refractivity contribution is 6.31. The molecule has 1 aromatic carbocycles. The second-order valence-corrected chi connectivity index (χ2v) is 4.08. The summed E-state index contributed by atoms with van der Waals surface area (Å²) in [5, 5.41) is 11.9. The SMILES string of the molecule is CNc1ncc(Cl)c(Oc2ccc(C#N)cc2OC)n1. The molecule has 0 bridgehead atoms. The van der Waals surface area contributed by atoms with E-state index in [0.717, 1.165) is 0 Å². The highest BCUT2D eigenvalue weighted by atomic mass is 35.5. The number of anilines is 1. The van der Waals surface area contributed by atoms with Gasteiger partial charge in [0, 0.05) is 13.1 Å². The van der Waals surface area contributed by atoms with Gasteiger partial charge in [-0.15, -0.1) is 0 Å². The molecule has 0 saturated carbocycles. The Morgan fingerprint density at radius 3 is 2.80 bits per heavy atom. The van der Waals surface area contributed by atoms with Crippen molar-refractivity contribution in [3.63, 3.8) is 0 Å². The number of hydrogen-bond donors (Lipinski definition) is 1. The third kappa shape index (κ3) is 2.90. The van der Waals surface area contributed by atoms with Gasteiger partial charge < -0.3 is 14.8 Å². The lowest BCUT2D eigenvalue weighted by atomic mass is 10.2. The Labute approximate surface area is 120 Å². The standard InChI is InChI=1S/C13H11ClN4O2/c1-16-13-17-7-9(14)12(18-13)20-10-4-3-8(6-15)5-11(10)19-2/h3-5,7H,1-2H3,(H,16,17,18). The van der Waals surface area contributed by atoms with Crippen LogP contribution in [0.2, 0.25) is 5.02 Å². The molecule has 0 aliphatic heterocycles. The van der Waals surface area contributed by atoms with Gasteiger partial charge in [-0.3, -0.25) is 0 Å². The zero-order valence-electron chi connectivity index (χ0n) is 10.8. The Hall–Kier alpha value is -2.52. The van der Waals surface area contributed by atoms with E-state index in [4.69, 9.17) is 26.3 Å². The Morgan fingerprint density at radius 1 is 1.35 bits per heavy atom. The van der Waals surface area contributed by atoms with Crippen LogP contribution < -0.4 is 14.8 Å². The lowest BCUT2D eigenvalue weighted by molar-refractivity contribution is 0.374. The van der Waals surface area contributed by atoms with Crippen molar-refractivity contribution in [1.29, 1.82) is 5.26 Å². The highest BCUT2D eigenvalue weighted by Gasteiger charge is 2.11. The van der Waals surface area contributed by atoms with Crippen LogP contribution in [0.1, 0.15) is 5.56 Å². The van der Waals surface area contributed by atoms with Crippen LogP contribution in [0.15, 0.2) is 24.4 Å². The van der Waals surface area contributed by atoms with Gasteiger partial charge in [-0.25, -0.2) is 4.98 Å². The first kappa shape index (κ1) is 13.9. The van der Waals surface area contributed by atoms with Crippen LogP contribution in [-0.4, -0.2) is 24.1 Å². The molecule has 7 heteroatoms. The number of aromatic nitrogens is 2. The number of nitrogens with one attached hydrogen (secondary N) is 1. The molecule has 0 saturated heterocycles. The summed E-state index contributed by atoms with van der Waals surface area (Å²) in [7, 11) is 3.18. The summed E-state index contributed by atoms with van der Waals surface area (Å²) in [6.07, 6.45) is 1.44. The molecule has 0 radical (unpaired) electrons. The average Bonchev–Trinajstić information content (AvgIpc) is 2.49. The zero-order valence-corrected chi connectivity index (χ0v) is 11.6. The maximum atomic E-state index is 8.85. The summed E-state index contributed by atoms with van der Waals surface area (Å²) in [5.41, 5.74) is 0.471. The van der Waals surface area contributed by atoms with Crippen LogP contribution in [0.25, 0.3) is 0 Å². The molecular formula is C13H11ClN4O2. The lowest BCUT2D eigenvalue weighted by Crippen LogP contribution is -1.99. The predicted octanol–water partition coefficient (Wildman–Crippen LogP) is 2.84. The van der Waals surface area contributed by atoms with Crippen molar-refractivity contribution >= 4 is 17.5 Å². The summed E-state index contributed by atoms with van der Waals surface area (Å²) in [6, 6.07) is 6.83. The minimum Gasteiger partial charge on any atom is -0.493 e. The number of ether oxygens (including phenoxy) is 2. The van der Waals surface area contributed by atoms with Gasteiger partial charge in [0.25, 0.3) is 0 Å². The molecule has 6 nitrogen and oxygen atoms in total. The van der Waals surface area contributed by atoms with Crippen molar-refractivity contribution in [3.05, 3.63) is 35.0 Å². The first-order valence-corrected chi connectivity index (χ1v) is 6.02. The molecule has 1 heterocycles. The Kier molecular flexibility index (Phi) is 4.23. The third-order valence-electron chi connectivity index (χ3n) is 2.43. The largest absolute Gasteiger partial charge is 0.493 e. The second kappa shape index (κ2) is 6.08. The normalized spacial score (nSPS) is 9.70. The van der Waals surface area contributed by atoms with Crippen molar-refractivity contribution in [2.75, 3.05) is 19.5 Å². The third-order valence-corrected chi connectivity index (χ3v) is 2.69. The average molecular weight is 291 g/mol. The maximum absolute atomic E-state index is 8.85. The van der Waals surface area contributed by atoms with Crippen molar-refractivity contribution in [1.82, 2.24) is 9.97 Å². The number of methoxy groups -OCH3 is 1. The molecule has 2 aromatic rings. The molecule has 102 valence electrons. The highest BCUT2D eigenvalue weighted by Crippen LogP contribution is 2.34. The van der Waals surface area contributed by atoms with Crippen LogP contribution in [0, 0.1) is 11.3 Å². The molecule has 0 fully saturated rings. The van der Waals surface area contributed by atoms with E-state index < -0.39 is 0 Å². The van der Waals surface area contributed by atoms with Crippen molar-refractivity contribution in [3.8, 4) is 23.4 Å². The Morgan fingerprint density at radius 2 is 2.15 bits per heavy atom. The lowest BCUT2D eigenvalue weighted by Gasteiger charge is -2.11. The summed E-state index contributed by atoms with van der Waals surface area (Å²) < 4.78 is 10.8. The van der Waals surface area contributed by atoms with Gasteiger partial charge in [0.2, 0.25) is 11.8 Å². The fraction of sp³-hybridized carbons (Fsp3) is 0.154. The molecule has 0 spiro atoms. The minimum atomic E-state index is 0.203. The van der Waals surface area contributed by atoms with E-state index >= 15 is 0 Å². The van der Waals surface area contributed by atoms with Gasteiger partial charge in [0.05, 0.1) is 24.9 Å². The number of nitriles is 1. The van der Waals surface area contributed by atoms with E-state index in [2.05, 4.69) is 15.3 Å². The Bertz CT molecular complexity index is 670. The van der Waals surface area contributed by atoms with Crippen molar-refractivity contribution < 1.29 is 9.47 Å². The molecule has 1 N–H and O–H groups in total. The monoisotopic (exact) mass is 290 g/mol. The molecular weight excluding hydrogens is 280 g/mol. The van der Waals surface area contributed by atoms with Crippen LogP contribution in [-0.2, 0) is 0 Å². The minimum absolute atomic E-state index is 0.203. The van der Waals surface area contributed by atoms with Gasteiger partial charge in [0.1, 0.15) is 5.02 Å². The number of nitrogens with zero attached hydrogens (tertiary/aromatic N) is 3. The molecule has 1 aromatic heterocycles. The topological polar surface area (TPSA) is 80.1 Å². The molecule has 2 rings (SSSR count). The summed E-state index contributed by atoms with van der Waals surface area (Å²) >= 11 is 5.99. The number of halogens is 1. The van der Waals surface area contributed by atoms with Crippen LogP contribution >= 0.6 is 11.6 Å². The number of hydrogen-bond acceptors (Lipinski definition) is 6. The van der Waals surface area contributed by atoms with Gasteiger partial charge >= 0.3 is 0 Å². The van der Waals surface area contributed by atoms with E-state index in [9.17, 15) is 0 Å². The van der Waals surface area contributed by atoms with Crippen molar-refractivity contribution in [2.45, 2.75) is 0 Å². The van der Waals surface area contributed by atoms with E-state index in [1.165, 1.54) is 13.3 Å². The fourth-order valence-corrected chi connectivity index (χ4v) is 1.60. The van der Waals surface area contributed by atoms with E-state index in [0.29, 0.717) is 23.0 Å². The first-order chi connectivity index (χ1) is 9.67. The van der Waals surface area contributed by atoms with Crippen LogP contribution in [0.4, 0.5) is 5.95 Å². The van der Waals surface area contributed by atoms with E-state index in [-0.39, 0.29) is 10.9 Å². The second-order valence-electron chi connectivity index (χ2n) is 3.68. The van der Waals surface area contributed by atoms with Crippen molar-refractivity contribution in [2.24, 2.45) is 0 Å². The molecule has 0 aliphatic rings. The molecule has 0 amide bonds. The zero-order chi connectivity index (χ0) is 14.5.